The smallest absolute Gasteiger partial charge is 0.242 e. The van der Waals surface area contributed by atoms with Crippen LogP contribution in [0, 0.1) is 0 Å². The summed E-state index contributed by atoms with van der Waals surface area (Å²) in [5.74, 6) is 1.19. The first-order chi connectivity index (χ1) is 17.2. The molecule has 6 nitrogen and oxygen atoms in total. The van der Waals surface area contributed by atoms with Crippen molar-refractivity contribution in [1.82, 2.24) is 14.8 Å². The van der Waals surface area contributed by atoms with E-state index >= 15 is 0 Å². The molecule has 0 atom stereocenters. The van der Waals surface area contributed by atoms with E-state index in [1.165, 1.54) is 11.8 Å². The van der Waals surface area contributed by atoms with Gasteiger partial charge in [0.25, 0.3) is 0 Å². The van der Waals surface area contributed by atoms with Crippen molar-refractivity contribution in [2.45, 2.75) is 14.9 Å². The highest BCUT2D eigenvalue weighted by Gasteiger charge is 2.29. The molecule has 0 spiro atoms. The van der Waals surface area contributed by atoms with E-state index in [1.54, 1.807) is 29.0 Å². The third-order valence-corrected chi connectivity index (χ3v) is 7.84. The van der Waals surface area contributed by atoms with Gasteiger partial charge in [-0.15, -0.1) is 10.2 Å². The lowest BCUT2D eigenvalue weighted by atomic mass is 10.2. The number of anilines is 2. The largest absolute Gasteiger partial charge is 0.461 e. The molecule has 0 unspecified atom stereocenters. The summed E-state index contributed by atoms with van der Waals surface area (Å²) in [6, 6.07) is 26.9. The van der Waals surface area contributed by atoms with E-state index in [0.717, 1.165) is 21.2 Å². The van der Waals surface area contributed by atoms with Gasteiger partial charge in [0.15, 0.2) is 10.9 Å². The average molecular weight is 517 g/mol. The number of benzene rings is 3. The monoisotopic (exact) mass is 516 g/mol. The maximum Gasteiger partial charge on any atom is 0.242 e. The van der Waals surface area contributed by atoms with Crippen molar-refractivity contribution < 1.29 is 9.21 Å². The van der Waals surface area contributed by atoms with Crippen LogP contribution in [0.25, 0.3) is 17.3 Å². The zero-order valence-corrected chi connectivity index (χ0v) is 20.6. The minimum atomic E-state index is -0.0524. The van der Waals surface area contributed by atoms with Gasteiger partial charge in [0.2, 0.25) is 11.7 Å². The summed E-state index contributed by atoms with van der Waals surface area (Å²) in [5, 5.41) is 9.82. The molecule has 0 radical (unpaired) electrons. The first-order valence-corrected chi connectivity index (χ1v) is 12.9. The number of halogens is 1. The van der Waals surface area contributed by atoms with E-state index in [1.807, 2.05) is 83.4 Å². The molecule has 1 amide bonds. The summed E-state index contributed by atoms with van der Waals surface area (Å²) in [4.78, 5) is 17.5. The fourth-order valence-electron chi connectivity index (χ4n) is 3.94. The first-order valence-electron chi connectivity index (χ1n) is 10.8. The molecule has 6 rings (SSSR count). The van der Waals surface area contributed by atoms with Crippen molar-refractivity contribution in [3.05, 3.63) is 96.2 Å². The molecule has 0 N–H and O–H groups in total. The van der Waals surface area contributed by atoms with E-state index in [2.05, 4.69) is 10.2 Å². The topological polar surface area (TPSA) is 64.2 Å². The Labute approximate surface area is 214 Å². The van der Waals surface area contributed by atoms with Crippen molar-refractivity contribution >= 4 is 52.4 Å². The van der Waals surface area contributed by atoms with Crippen LogP contribution in [0.15, 0.2) is 111 Å². The molecule has 0 fully saturated rings. The molecular weight excluding hydrogens is 500 g/mol. The Morgan fingerprint density at radius 2 is 1.51 bits per heavy atom. The number of thioether (sulfide) groups is 1. The van der Waals surface area contributed by atoms with E-state index in [-0.39, 0.29) is 11.7 Å². The Balaban J connectivity index is 1.35. The van der Waals surface area contributed by atoms with E-state index in [9.17, 15) is 4.79 Å². The normalized spacial score (nSPS) is 12.3. The van der Waals surface area contributed by atoms with Crippen molar-refractivity contribution in [3.8, 4) is 17.3 Å². The fraction of sp³-hybridized carbons (Fsp3) is 0.0385. The lowest BCUT2D eigenvalue weighted by Gasteiger charge is -2.30. The number of amides is 1. The number of hydrogen-bond acceptors (Lipinski definition) is 6. The molecule has 172 valence electrons. The van der Waals surface area contributed by atoms with Gasteiger partial charge < -0.3 is 4.42 Å². The summed E-state index contributed by atoms with van der Waals surface area (Å²) in [6.07, 6.45) is 1.58. The van der Waals surface area contributed by atoms with Gasteiger partial charge in [-0.3, -0.25) is 14.3 Å². The number of nitrogens with zero attached hydrogens (tertiary/aromatic N) is 4. The highest BCUT2D eigenvalue weighted by Crippen LogP contribution is 2.48. The lowest BCUT2D eigenvalue weighted by Crippen LogP contribution is -2.30. The number of fused-ring (bicyclic) bond motifs is 2. The second kappa shape index (κ2) is 9.30. The molecule has 9 heteroatoms. The highest BCUT2D eigenvalue weighted by molar-refractivity contribution is 8.00. The predicted octanol–water partition coefficient (Wildman–Crippen LogP) is 7.10. The van der Waals surface area contributed by atoms with Crippen LogP contribution in [0.3, 0.4) is 0 Å². The number of carbonyl (C=O) groups is 1. The lowest BCUT2D eigenvalue weighted by molar-refractivity contribution is -0.115. The number of carbonyl (C=O) groups excluding carboxylic acids is 1. The van der Waals surface area contributed by atoms with E-state index < -0.39 is 0 Å². The number of para-hydroxylation sites is 3. The van der Waals surface area contributed by atoms with Crippen LogP contribution < -0.4 is 4.90 Å². The van der Waals surface area contributed by atoms with Crippen molar-refractivity contribution in [2.75, 3.05) is 10.7 Å². The van der Waals surface area contributed by atoms with Gasteiger partial charge in [-0.2, -0.15) is 0 Å². The molecule has 0 aliphatic carbocycles. The molecule has 0 bridgehead atoms. The van der Waals surface area contributed by atoms with Gasteiger partial charge in [-0.05, 0) is 48.5 Å². The SMILES string of the molecule is O=C(CSc1nnc(-c2ccco2)n1-c1ccccc1Cl)N1c2ccccc2Sc2ccccc21. The number of aromatic nitrogens is 3. The molecule has 1 aliphatic rings. The minimum Gasteiger partial charge on any atom is -0.461 e. The zero-order valence-electron chi connectivity index (χ0n) is 18.2. The first kappa shape index (κ1) is 22.0. The Bertz CT molecular complexity index is 1490. The van der Waals surface area contributed by atoms with Crippen LogP contribution in [-0.2, 0) is 4.79 Å². The minimum absolute atomic E-state index is 0.0524. The number of furan rings is 1. The van der Waals surface area contributed by atoms with Gasteiger partial charge in [-0.1, -0.05) is 71.5 Å². The second-order valence-electron chi connectivity index (χ2n) is 7.63. The Morgan fingerprint density at radius 3 is 2.17 bits per heavy atom. The van der Waals surface area contributed by atoms with Gasteiger partial charge >= 0.3 is 0 Å². The third kappa shape index (κ3) is 4.03. The van der Waals surface area contributed by atoms with Gasteiger partial charge in [0, 0.05) is 9.79 Å². The summed E-state index contributed by atoms with van der Waals surface area (Å²) < 4.78 is 7.41. The van der Waals surface area contributed by atoms with Crippen LogP contribution in [0.1, 0.15) is 0 Å². The van der Waals surface area contributed by atoms with Crippen molar-refractivity contribution in [1.29, 1.82) is 0 Å². The summed E-state index contributed by atoms with van der Waals surface area (Å²) in [5.41, 5.74) is 2.47. The summed E-state index contributed by atoms with van der Waals surface area (Å²) in [7, 11) is 0. The molecule has 3 heterocycles. The Kier molecular flexibility index (Phi) is 5.85. The standard InChI is InChI=1S/C26H17ClN4O2S2/c27-17-8-1-2-9-18(17)31-25(21-12-7-15-33-21)28-29-26(31)34-16-24(32)30-19-10-3-5-13-22(19)35-23-14-6-4-11-20(23)30/h1-15H,16H2. The molecule has 1 aliphatic heterocycles. The van der Waals surface area contributed by atoms with E-state index in [0.29, 0.717) is 27.5 Å². The molecule has 2 aromatic heterocycles. The highest BCUT2D eigenvalue weighted by atomic mass is 35.5. The molecule has 35 heavy (non-hydrogen) atoms. The predicted molar refractivity (Wildman–Crippen MR) is 139 cm³/mol. The molecule has 5 aromatic rings. The summed E-state index contributed by atoms with van der Waals surface area (Å²) >= 11 is 9.50. The average Bonchev–Trinajstić information content (AvgIpc) is 3.56. The van der Waals surface area contributed by atoms with Crippen LogP contribution in [0.4, 0.5) is 11.4 Å². The van der Waals surface area contributed by atoms with Gasteiger partial charge in [0.1, 0.15) is 0 Å². The van der Waals surface area contributed by atoms with Gasteiger partial charge in [-0.25, -0.2) is 0 Å². The molecule has 0 saturated heterocycles. The zero-order chi connectivity index (χ0) is 23.8. The van der Waals surface area contributed by atoms with Crippen molar-refractivity contribution in [2.24, 2.45) is 0 Å². The Hall–Kier alpha value is -3.46. The number of hydrogen-bond donors (Lipinski definition) is 0. The fourth-order valence-corrected chi connectivity index (χ4v) is 6.02. The van der Waals surface area contributed by atoms with Crippen LogP contribution in [0.2, 0.25) is 5.02 Å². The van der Waals surface area contributed by atoms with Crippen LogP contribution >= 0.6 is 35.1 Å². The van der Waals surface area contributed by atoms with Crippen molar-refractivity contribution in [3.63, 3.8) is 0 Å². The third-order valence-electron chi connectivity index (χ3n) is 5.47. The van der Waals surface area contributed by atoms with E-state index in [4.69, 9.17) is 16.0 Å². The quantitative estimate of drug-likeness (QED) is 0.232. The Morgan fingerprint density at radius 1 is 0.857 bits per heavy atom. The second-order valence-corrected chi connectivity index (χ2v) is 10.1. The molecule has 3 aromatic carbocycles. The van der Waals surface area contributed by atoms with Gasteiger partial charge in [0.05, 0.1) is 34.1 Å². The maximum absolute atomic E-state index is 13.6. The molecular formula is C26H17ClN4O2S2. The number of rotatable bonds is 5. The maximum atomic E-state index is 13.6. The van der Waals surface area contributed by atoms with Crippen LogP contribution in [-0.4, -0.2) is 26.4 Å². The molecule has 0 saturated carbocycles. The van der Waals surface area contributed by atoms with Crippen LogP contribution in [0.5, 0.6) is 0 Å². The summed E-state index contributed by atoms with van der Waals surface area (Å²) in [6.45, 7) is 0.